The van der Waals surface area contributed by atoms with Gasteiger partial charge >= 0.3 is 0 Å². The molecule has 0 aliphatic carbocycles. The van der Waals surface area contributed by atoms with Crippen molar-refractivity contribution < 1.29 is 14.6 Å². The molecule has 0 amide bonds. The standard InChI is InChI=1S/C15H11FN2O2S/c16-12-13(19)17-15(18-14(12)20)21-8-9-5-6-10-3-1-2-4-11(10)7-9/h1-7H,8H2,(H2,17,18,19,20). The summed E-state index contributed by atoms with van der Waals surface area (Å²) in [7, 11) is 0. The fourth-order valence-electron chi connectivity index (χ4n) is 1.95. The number of rotatable bonds is 3. The van der Waals surface area contributed by atoms with Crippen molar-refractivity contribution in [2.24, 2.45) is 0 Å². The van der Waals surface area contributed by atoms with Crippen LogP contribution >= 0.6 is 11.8 Å². The third-order valence-corrected chi connectivity index (χ3v) is 3.90. The minimum Gasteiger partial charge on any atom is -0.491 e. The van der Waals surface area contributed by atoms with Gasteiger partial charge in [0.05, 0.1) is 0 Å². The van der Waals surface area contributed by atoms with Crippen molar-refractivity contribution >= 4 is 22.5 Å². The van der Waals surface area contributed by atoms with E-state index in [-0.39, 0.29) is 5.16 Å². The van der Waals surface area contributed by atoms with E-state index in [9.17, 15) is 14.6 Å². The van der Waals surface area contributed by atoms with Gasteiger partial charge in [0, 0.05) is 5.75 Å². The summed E-state index contributed by atoms with van der Waals surface area (Å²) in [5.74, 6) is -2.34. The highest BCUT2D eigenvalue weighted by molar-refractivity contribution is 7.98. The average molecular weight is 302 g/mol. The molecule has 0 bridgehead atoms. The Morgan fingerprint density at radius 1 is 0.952 bits per heavy atom. The molecule has 0 radical (unpaired) electrons. The van der Waals surface area contributed by atoms with Gasteiger partial charge in [0.15, 0.2) is 5.16 Å². The molecule has 21 heavy (non-hydrogen) atoms. The molecule has 106 valence electrons. The first-order valence-electron chi connectivity index (χ1n) is 6.19. The first kappa shape index (κ1) is 13.6. The summed E-state index contributed by atoms with van der Waals surface area (Å²) < 4.78 is 13.0. The van der Waals surface area contributed by atoms with E-state index in [1.165, 1.54) is 11.8 Å². The van der Waals surface area contributed by atoms with E-state index in [2.05, 4.69) is 9.97 Å². The highest BCUT2D eigenvalue weighted by Crippen LogP contribution is 2.27. The predicted molar refractivity (Wildman–Crippen MR) is 78.8 cm³/mol. The number of hydrogen-bond acceptors (Lipinski definition) is 5. The van der Waals surface area contributed by atoms with Gasteiger partial charge < -0.3 is 10.2 Å². The van der Waals surface area contributed by atoms with Crippen molar-refractivity contribution in [3.63, 3.8) is 0 Å². The predicted octanol–water partition coefficient (Wildman–Crippen LogP) is 3.47. The molecule has 6 heteroatoms. The Balaban J connectivity index is 1.80. The molecule has 0 fully saturated rings. The first-order chi connectivity index (χ1) is 10.1. The van der Waals surface area contributed by atoms with Gasteiger partial charge in [-0.05, 0) is 16.3 Å². The molecule has 0 unspecified atom stereocenters. The van der Waals surface area contributed by atoms with Crippen molar-refractivity contribution in [1.82, 2.24) is 9.97 Å². The Morgan fingerprint density at radius 2 is 1.62 bits per heavy atom. The smallest absolute Gasteiger partial charge is 0.256 e. The van der Waals surface area contributed by atoms with Gasteiger partial charge in [-0.25, -0.2) is 0 Å². The lowest BCUT2D eigenvalue weighted by Crippen LogP contribution is -1.92. The lowest BCUT2D eigenvalue weighted by molar-refractivity contribution is 0.353. The minimum absolute atomic E-state index is 0.125. The van der Waals surface area contributed by atoms with Crippen molar-refractivity contribution in [2.75, 3.05) is 0 Å². The van der Waals surface area contributed by atoms with Crippen LogP contribution < -0.4 is 0 Å². The number of fused-ring (bicyclic) bond motifs is 1. The molecule has 0 spiro atoms. The summed E-state index contributed by atoms with van der Waals surface area (Å²) in [6.07, 6.45) is 0. The van der Waals surface area contributed by atoms with E-state index < -0.39 is 17.6 Å². The number of aromatic nitrogens is 2. The first-order valence-corrected chi connectivity index (χ1v) is 7.18. The van der Waals surface area contributed by atoms with Gasteiger partial charge in [-0.3, -0.25) is 0 Å². The van der Waals surface area contributed by atoms with Gasteiger partial charge in [0.25, 0.3) is 11.8 Å². The number of nitrogens with zero attached hydrogens (tertiary/aromatic N) is 2. The zero-order chi connectivity index (χ0) is 14.8. The van der Waals surface area contributed by atoms with E-state index in [4.69, 9.17) is 0 Å². The van der Waals surface area contributed by atoms with Crippen molar-refractivity contribution in [3.8, 4) is 11.8 Å². The van der Waals surface area contributed by atoms with Gasteiger partial charge in [0.1, 0.15) is 0 Å². The molecule has 0 atom stereocenters. The summed E-state index contributed by atoms with van der Waals surface area (Å²) >= 11 is 1.21. The SMILES string of the molecule is Oc1nc(SCc2ccc3ccccc3c2)nc(O)c1F. The topological polar surface area (TPSA) is 66.2 Å². The van der Waals surface area contributed by atoms with E-state index in [1.807, 2.05) is 42.5 Å². The van der Waals surface area contributed by atoms with Crippen LogP contribution in [0.5, 0.6) is 11.8 Å². The maximum absolute atomic E-state index is 13.0. The van der Waals surface area contributed by atoms with Crippen LogP contribution in [0.4, 0.5) is 4.39 Å². The molecule has 2 aromatic carbocycles. The Morgan fingerprint density at radius 3 is 2.33 bits per heavy atom. The normalized spacial score (nSPS) is 10.9. The van der Waals surface area contributed by atoms with E-state index in [1.54, 1.807) is 0 Å². The lowest BCUT2D eigenvalue weighted by atomic mass is 10.1. The summed E-state index contributed by atoms with van der Waals surface area (Å²) in [5.41, 5.74) is 1.05. The van der Waals surface area contributed by atoms with Crippen LogP contribution in [-0.4, -0.2) is 20.2 Å². The molecule has 3 rings (SSSR count). The lowest BCUT2D eigenvalue weighted by Gasteiger charge is -2.04. The molecule has 0 aliphatic heterocycles. The zero-order valence-corrected chi connectivity index (χ0v) is 11.6. The number of aromatic hydroxyl groups is 2. The summed E-state index contributed by atoms with van der Waals surface area (Å²) in [6.45, 7) is 0. The Bertz CT molecular complexity index is 788. The van der Waals surface area contributed by atoms with E-state index in [0.717, 1.165) is 16.3 Å². The molecule has 1 aromatic heterocycles. The maximum Gasteiger partial charge on any atom is 0.256 e. The molecule has 0 aliphatic rings. The number of hydrogen-bond donors (Lipinski definition) is 2. The van der Waals surface area contributed by atoms with Crippen LogP contribution in [0, 0.1) is 5.82 Å². The van der Waals surface area contributed by atoms with Gasteiger partial charge in [-0.2, -0.15) is 14.4 Å². The minimum atomic E-state index is -1.20. The van der Waals surface area contributed by atoms with Crippen LogP contribution in [0.15, 0.2) is 47.6 Å². The summed E-state index contributed by atoms with van der Waals surface area (Å²) in [4.78, 5) is 7.17. The molecular formula is C15H11FN2O2S. The monoisotopic (exact) mass is 302 g/mol. The van der Waals surface area contributed by atoms with Crippen molar-refractivity contribution in [3.05, 3.63) is 53.8 Å². The number of halogens is 1. The van der Waals surface area contributed by atoms with Crippen molar-refractivity contribution in [2.45, 2.75) is 10.9 Å². The molecule has 1 heterocycles. The zero-order valence-electron chi connectivity index (χ0n) is 10.8. The quantitative estimate of drug-likeness (QED) is 0.573. The van der Waals surface area contributed by atoms with E-state index >= 15 is 0 Å². The van der Waals surface area contributed by atoms with E-state index in [0.29, 0.717) is 5.75 Å². The molecule has 0 saturated carbocycles. The third-order valence-electron chi connectivity index (χ3n) is 2.98. The Hall–Kier alpha value is -2.34. The Kier molecular flexibility index (Phi) is 3.62. The van der Waals surface area contributed by atoms with Crippen LogP contribution in [0.1, 0.15) is 5.56 Å². The maximum atomic E-state index is 13.0. The molecular weight excluding hydrogens is 291 g/mol. The molecule has 0 saturated heterocycles. The second kappa shape index (κ2) is 5.57. The summed E-state index contributed by atoms with van der Waals surface area (Å²) in [6, 6.07) is 14.1. The highest BCUT2D eigenvalue weighted by Gasteiger charge is 2.13. The average Bonchev–Trinajstić information content (AvgIpc) is 2.50. The largest absolute Gasteiger partial charge is 0.491 e. The fourth-order valence-corrected chi connectivity index (χ4v) is 2.72. The van der Waals surface area contributed by atoms with Crippen molar-refractivity contribution in [1.29, 1.82) is 0 Å². The number of benzene rings is 2. The molecule has 4 nitrogen and oxygen atoms in total. The van der Waals surface area contributed by atoms with Crippen LogP contribution in [0.2, 0.25) is 0 Å². The highest BCUT2D eigenvalue weighted by atomic mass is 32.2. The van der Waals surface area contributed by atoms with Gasteiger partial charge in [-0.1, -0.05) is 54.2 Å². The van der Waals surface area contributed by atoms with Crippen LogP contribution in [0.25, 0.3) is 10.8 Å². The van der Waals surface area contributed by atoms with Crippen LogP contribution in [0.3, 0.4) is 0 Å². The summed E-state index contributed by atoms with van der Waals surface area (Å²) in [5, 5.41) is 20.8. The second-order valence-electron chi connectivity index (χ2n) is 4.44. The van der Waals surface area contributed by atoms with Gasteiger partial charge in [0.2, 0.25) is 5.82 Å². The molecule has 2 N–H and O–H groups in total. The second-order valence-corrected chi connectivity index (χ2v) is 5.38. The number of thioether (sulfide) groups is 1. The van der Waals surface area contributed by atoms with Crippen LogP contribution in [-0.2, 0) is 5.75 Å². The molecule has 3 aromatic rings. The fraction of sp³-hybridized carbons (Fsp3) is 0.0667. The third kappa shape index (κ3) is 2.90. The van der Waals surface area contributed by atoms with Gasteiger partial charge in [-0.15, -0.1) is 0 Å². The Labute approximate surface area is 124 Å².